The van der Waals surface area contributed by atoms with Crippen LogP contribution < -0.4 is 0 Å². The van der Waals surface area contributed by atoms with Crippen molar-refractivity contribution >= 4 is 23.4 Å². The maximum atomic E-state index is 6.15. The van der Waals surface area contributed by atoms with E-state index in [4.69, 9.17) is 21.1 Å². The van der Waals surface area contributed by atoms with Crippen LogP contribution in [0.25, 0.3) is 0 Å². The molecule has 0 saturated carbocycles. The van der Waals surface area contributed by atoms with E-state index in [9.17, 15) is 0 Å². The third kappa shape index (κ3) is 2.52. The molecule has 0 aromatic heterocycles. The Bertz CT molecular complexity index is 134. The van der Waals surface area contributed by atoms with Crippen LogP contribution in [0.5, 0.6) is 0 Å². The van der Waals surface area contributed by atoms with Crippen LogP contribution in [0.1, 0.15) is 13.3 Å². The lowest BCUT2D eigenvalue weighted by atomic mass is 10.2. The van der Waals surface area contributed by atoms with Crippen LogP contribution in [0.2, 0.25) is 0 Å². The highest BCUT2D eigenvalue weighted by Crippen LogP contribution is 2.30. The second-order valence-corrected chi connectivity index (χ2v) is 4.72. The molecule has 1 saturated heterocycles. The van der Waals surface area contributed by atoms with Crippen LogP contribution in [-0.4, -0.2) is 36.4 Å². The molecule has 0 aliphatic carbocycles. The summed E-state index contributed by atoms with van der Waals surface area (Å²) in [6, 6.07) is 0. The largest absolute Gasteiger partial charge is 0.355 e. The van der Waals surface area contributed by atoms with Crippen LogP contribution in [0.3, 0.4) is 0 Å². The van der Waals surface area contributed by atoms with Gasteiger partial charge in [-0.2, -0.15) is 11.8 Å². The summed E-state index contributed by atoms with van der Waals surface area (Å²) in [5, 5.41) is 0.476. The van der Waals surface area contributed by atoms with Crippen LogP contribution in [0.4, 0.5) is 0 Å². The molecule has 0 amide bonds. The molecule has 0 spiro atoms. The van der Waals surface area contributed by atoms with Gasteiger partial charge in [0, 0.05) is 7.11 Å². The average molecular weight is 211 g/mol. The lowest BCUT2D eigenvalue weighted by Crippen LogP contribution is -2.41. The predicted octanol–water partition coefficient (Wildman–Crippen LogP) is 2.11. The van der Waals surface area contributed by atoms with E-state index in [1.54, 1.807) is 7.11 Å². The second kappa shape index (κ2) is 5.32. The minimum atomic E-state index is -0.119. The first kappa shape index (κ1) is 10.6. The molecule has 0 N–H and O–H groups in total. The van der Waals surface area contributed by atoms with Gasteiger partial charge in [0.25, 0.3) is 0 Å². The maximum absolute atomic E-state index is 6.15. The highest BCUT2D eigenvalue weighted by molar-refractivity contribution is 8.00. The first-order valence-electron chi connectivity index (χ1n) is 4.19. The third-order valence-electron chi connectivity index (χ3n) is 1.89. The van der Waals surface area contributed by atoms with Crippen LogP contribution in [0.15, 0.2) is 0 Å². The van der Waals surface area contributed by atoms with Gasteiger partial charge in [0.1, 0.15) is 0 Å². The molecular formula is C8H15ClO2S. The Morgan fingerprint density at radius 1 is 1.67 bits per heavy atom. The van der Waals surface area contributed by atoms with Crippen LogP contribution >= 0.6 is 23.4 Å². The topological polar surface area (TPSA) is 18.5 Å². The van der Waals surface area contributed by atoms with Crippen molar-refractivity contribution in [1.29, 1.82) is 0 Å². The molecule has 1 rings (SSSR count). The minimum Gasteiger partial charge on any atom is -0.355 e. The van der Waals surface area contributed by atoms with Crippen molar-refractivity contribution in [3.05, 3.63) is 0 Å². The van der Waals surface area contributed by atoms with Gasteiger partial charge in [0.2, 0.25) is 0 Å². The molecule has 0 aromatic rings. The predicted molar refractivity (Wildman–Crippen MR) is 52.9 cm³/mol. The van der Waals surface area contributed by atoms with E-state index in [0.29, 0.717) is 6.61 Å². The Hall–Kier alpha value is 0.560. The fourth-order valence-electron chi connectivity index (χ4n) is 1.30. The van der Waals surface area contributed by atoms with Crippen molar-refractivity contribution in [3.8, 4) is 0 Å². The van der Waals surface area contributed by atoms with Gasteiger partial charge in [-0.25, -0.2) is 0 Å². The van der Waals surface area contributed by atoms with E-state index in [2.05, 4.69) is 6.92 Å². The van der Waals surface area contributed by atoms with E-state index >= 15 is 0 Å². The SMILES string of the molecule is CCSC1C(Cl)CCOC1OC. The molecule has 1 aliphatic rings. The van der Waals surface area contributed by atoms with Crippen molar-refractivity contribution in [2.75, 3.05) is 19.5 Å². The molecule has 2 nitrogen and oxygen atoms in total. The first-order valence-corrected chi connectivity index (χ1v) is 5.68. The van der Waals surface area contributed by atoms with E-state index in [1.165, 1.54) is 0 Å². The normalized spacial score (nSPS) is 36.8. The van der Waals surface area contributed by atoms with Gasteiger partial charge in [-0.1, -0.05) is 6.92 Å². The third-order valence-corrected chi connectivity index (χ3v) is 3.80. The molecular weight excluding hydrogens is 196 g/mol. The van der Waals surface area contributed by atoms with Crippen molar-refractivity contribution in [3.63, 3.8) is 0 Å². The fraction of sp³-hybridized carbons (Fsp3) is 1.00. The Morgan fingerprint density at radius 3 is 3.00 bits per heavy atom. The number of alkyl halides is 1. The Morgan fingerprint density at radius 2 is 2.42 bits per heavy atom. The number of hydrogen-bond acceptors (Lipinski definition) is 3. The molecule has 1 heterocycles. The zero-order valence-electron chi connectivity index (χ0n) is 7.46. The lowest BCUT2D eigenvalue weighted by molar-refractivity contribution is -0.139. The number of halogens is 1. The van der Waals surface area contributed by atoms with Crippen LogP contribution in [0, 0.1) is 0 Å². The first-order chi connectivity index (χ1) is 5.79. The molecule has 1 aliphatic heterocycles. The van der Waals surface area contributed by atoms with E-state index in [-0.39, 0.29) is 16.9 Å². The van der Waals surface area contributed by atoms with E-state index in [0.717, 1.165) is 12.2 Å². The summed E-state index contributed by atoms with van der Waals surface area (Å²) in [5.74, 6) is 1.05. The zero-order chi connectivity index (χ0) is 8.97. The zero-order valence-corrected chi connectivity index (χ0v) is 9.03. The van der Waals surface area contributed by atoms with Crippen molar-refractivity contribution in [2.45, 2.75) is 30.3 Å². The molecule has 3 unspecified atom stereocenters. The van der Waals surface area contributed by atoms with Crippen molar-refractivity contribution in [2.24, 2.45) is 0 Å². The number of methoxy groups -OCH3 is 1. The monoisotopic (exact) mass is 210 g/mol. The van der Waals surface area contributed by atoms with Gasteiger partial charge in [0.15, 0.2) is 6.29 Å². The van der Waals surface area contributed by atoms with E-state index < -0.39 is 0 Å². The fourth-order valence-corrected chi connectivity index (χ4v) is 2.81. The number of hydrogen-bond donors (Lipinski definition) is 0. The molecule has 3 atom stereocenters. The average Bonchev–Trinajstić information content (AvgIpc) is 2.09. The molecule has 0 bridgehead atoms. The van der Waals surface area contributed by atoms with Gasteiger partial charge in [-0.05, 0) is 12.2 Å². The summed E-state index contributed by atoms with van der Waals surface area (Å²) >= 11 is 7.97. The summed E-state index contributed by atoms with van der Waals surface area (Å²) in [4.78, 5) is 0. The Balaban J connectivity index is 2.47. The second-order valence-electron chi connectivity index (χ2n) is 2.70. The van der Waals surface area contributed by atoms with Crippen LogP contribution in [-0.2, 0) is 9.47 Å². The number of rotatable bonds is 3. The summed E-state index contributed by atoms with van der Waals surface area (Å²) in [5.41, 5.74) is 0. The molecule has 4 heteroatoms. The van der Waals surface area contributed by atoms with Gasteiger partial charge >= 0.3 is 0 Å². The van der Waals surface area contributed by atoms with Gasteiger partial charge in [-0.15, -0.1) is 11.6 Å². The van der Waals surface area contributed by atoms with E-state index in [1.807, 2.05) is 11.8 Å². The van der Waals surface area contributed by atoms with Gasteiger partial charge in [0.05, 0.1) is 17.2 Å². The lowest BCUT2D eigenvalue weighted by Gasteiger charge is -2.33. The molecule has 0 aromatic carbocycles. The molecule has 12 heavy (non-hydrogen) atoms. The maximum Gasteiger partial charge on any atom is 0.170 e. The smallest absolute Gasteiger partial charge is 0.170 e. The summed E-state index contributed by atoms with van der Waals surface area (Å²) in [7, 11) is 1.67. The quantitative estimate of drug-likeness (QED) is 0.665. The summed E-state index contributed by atoms with van der Waals surface area (Å²) in [6.45, 7) is 2.84. The van der Waals surface area contributed by atoms with Crippen molar-refractivity contribution in [1.82, 2.24) is 0 Å². The van der Waals surface area contributed by atoms with Crippen molar-refractivity contribution < 1.29 is 9.47 Å². The Kier molecular flexibility index (Phi) is 4.72. The summed E-state index contributed by atoms with van der Waals surface area (Å²) < 4.78 is 10.6. The van der Waals surface area contributed by atoms with Gasteiger partial charge < -0.3 is 9.47 Å². The highest BCUT2D eigenvalue weighted by atomic mass is 35.5. The Labute approximate surface area is 82.9 Å². The molecule has 1 fully saturated rings. The van der Waals surface area contributed by atoms with Gasteiger partial charge in [-0.3, -0.25) is 0 Å². The summed E-state index contributed by atoms with van der Waals surface area (Å²) in [6.07, 6.45) is 0.810. The number of thioether (sulfide) groups is 1. The molecule has 72 valence electrons. The number of ether oxygens (including phenoxy) is 2. The highest BCUT2D eigenvalue weighted by Gasteiger charge is 2.32. The molecule has 0 radical (unpaired) electrons. The minimum absolute atomic E-state index is 0.119. The standard InChI is InChI=1S/C8H15ClO2S/c1-3-12-7-6(9)4-5-11-8(7)10-2/h6-8H,3-5H2,1-2H3.